The van der Waals surface area contributed by atoms with Crippen LogP contribution >= 0.6 is 0 Å². The molecule has 0 atom stereocenters. The Morgan fingerprint density at radius 1 is 1.24 bits per heavy atom. The summed E-state index contributed by atoms with van der Waals surface area (Å²) in [4.78, 5) is 25.5. The van der Waals surface area contributed by atoms with Gasteiger partial charge in [0, 0.05) is 0 Å². The molecule has 21 heavy (non-hydrogen) atoms. The summed E-state index contributed by atoms with van der Waals surface area (Å²) in [5, 5.41) is 0. The Kier molecular flexibility index (Phi) is 3.64. The highest BCUT2D eigenvalue weighted by atomic mass is 16.5. The number of hydrogen-bond donors (Lipinski definition) is 1. The Morgan fingerprint density at radius 2 is 1.95 bits per heavy atom. The van der Waals surface area contributed by atoms with E-state index in [0.717, 1.165) is 5.56 Å². The number of aromatic amines is 1. The zero-order chi connectivity index (χ0) is 14.8. The van der Waals surface area contributed by atoms with Crippen LogP contribution in [0.3, 0.4) is 0 Å². The van der Waals surface area contributed by atoms with E-state index in [1.165, 1.54) is 42.7 Å². The lowest BCUT2D eigenvalue weighted by Crippen LogP contribution is -2.30. The maximum Gasteiger partial charge on any atom is 0.328 e. The maximum atomic E-state index is 11.8. The number of ether oxygens (including phenoxy) is 1. The van der Waals surface area contributed by atoms with Crippen molar-refractivity contribution in [3.63, 3.8) is 0 Å². The summed E-state index contributed by atoms with van der Waals surface area (Å²) in [5.41, 5.74) is 1.47. The smallest absolute Gasteiger partial charge is 0.328 e. The zero-order valence-electron chi connectivity index (χ0n) is 12.0. The molecular weight excluding hydrogens is 268 g/mol. The number of methoxy groups -OCH3 is 1. The largest absolute Gasteiger partial charge is 0.490 e. The molecule has 0 radical (unpaired) electrons. The van der Waals surface area contributed by atoms with Crippen molar-refractivity contribution in [2.24, 2.45) is 0 Å². The molecule has 1 aliphatic carbocycles. The molecule has 1 aliphatic rings. The van der Waals surface area contributed by atoms with Crippen LogP contribution in [0, 0.1) is 0 Å². The van der Waals surface area contributed by atoms with Crippen LogP contribution in [-0.2, 0) is 6.54 Å². The van der Waals surface area contributed by atoms with Gasteiger partial charge in [0.2, 0.25) is 5.75 Å². The first-order chi connectivity index (χ1) is 10.2. The van der Waals surface area contributed by atoms with E-state index in [9.17, 15) is 9.59 Å². The average Bonchev–Trinajstić information content (AvgIpc) is 2.42. The first-order valence-corrected chi connectivity index (χ1v) is 7.14. The van der Waals surface area contributed by atoms with Crippen molar-refractivity contribution in [3.8, 4) is 5.75 Å². The molecule has 1 aromatic carbocycles. The third kappa shape index (κ3) is 2.77. The van der Waals surface area contributed by atoms with Gasteiger partial charge in [-0.1, -0.05) is 30.7 Å². The Balaban J connectivity index is 1.83. The second-order valence-corrected chi connectivity index (χ2v) is 5.45. The van der Waals surface area contributed by atoms with Gasteiger partial charge in [-0.15, -0.1) is 0 Å². The quantitative estimate of drug-likeness (QED) is 0.933. The van der Waals surface area contributed by atoms with Gasteiger partial charge in [-0.05, 0) is 29.9 Å². The fourth-order valence-electron chi connectivity index (χ4n) is 2.59. The number of nitrogens with one attached hydrogen (secondary N) is 1. The summed E-state index contributed by atoms with van der Waals surface area (Å²) in [6, 6.07) is 8.34. The molecule has 5 nitrogen and oxygen atoms in total. The molecule has 5 heteroatoms. The number of aromatic nitrogens is 2. The lowest BCUT2D eigenvalue weighted by molar-refractivity contribution is 0.400. The van der Waals surface area contributed by atoms with Crippen molar-refractivity contribution >= 4 is 0 Å². The Morgan fingerprint density at radius 3 is 2.52 bits per heavy atom. The molecule has 1 N–H and O–H groups in total. The minimum Gasteiger partial charge on any atom is -0.490 e. The average molecular weight is 286 g/mol. The molecule has 1 saturated carbocycles. The Hall–Kier alpha value is -2.30. The van der Waals surface area contributed by atoms with Crippen LogP contribution in [0.1, 0.15) is 36.3 Å². The lowest BCUT2D eigenvalue weighted by Gasteiger charge is -2.25. The first-order valence-electron chi connectivity index (χ1n) is 7.14. The van der Waals surface area contributed by atoms with E-state index in [-0.39, 0.29) is 5.75 Å². The summed E-state index contributed by atoms with van der Waals surface area (Å²) < 4.78 is 6.39. The van der Waals surface area contributed by atoms with Crippen LogP contribution in [0.2, 0.25) is 0 Å². The van der Waals surface area contributed by atoms with Crippen LogP contribution in [0.5, 0.6) is 5.75 Å². The van der Waals surface area contributed by atoms with Crippen molar-refractivity contribution in [1.29, 1.82) is 0 Å². The summed E-state index contributed by atoms with van der Waals surface area (Å²) in [7, 11) is 1.41. The van der Waals surface area contributed by atoms with Crippen molar-refractivity contribution in [2.45, 2.75) is 31.7 Å². The second kappa shape index (κ2) is 5.60. The molecule has 0 unspecified atom stereocenters. The predicted molar refractivity (Wildman–Crippen MR) is 80.0 cm³/mol. The highest BCUT2D eigenvalue weighted by Gasteiger charge is 2.18. The fourth-order valence-corrected chi connectivity index (χ4v) is 2.59. The Bertz CT molecular complexity index is 739. The normalized spacial score (nSPS) is 14.7. The first kappa shape index (κ1) is 13.7. The fraction of sp³-hybridized carbons (Fsp3) is 0.375. The monoisotopic (exact) mass is 286 g/mol. The molecule has 3 rings (SSSR count). The minimum atomic E-state index is -0.501. The molecule has 0 aliphatic heterocycles. The summed E-state index contributed by atoms with van der Waals surface area (Å²) >= 11 is 0. The number of nitrogens with zero attached hydrogens (tertiary/aromatic N) is 1. The molecule has 0 bridgehead atoms. The zero-order valence-corrected chi connectivity index (χ0v) is 12.0. The minimum absolute atomic E-state index is 0.140. The van der Waals surface area contributed by atoms with Crippen molar-refractivity contribution in [2.75, 3.05) is 7.11 Å². The second-order valence-electron chi connectivity index (χ2n) is 5.45. The van der Waals surface area contributed by atoms with Gasteiger partial charge in [-0.2, -0.15) is 0 Å². The van der Waals surface area contributed by atoms with Crippen molar-refractivity contribution < 1.29 is 4.74 Å². The number of hydrogen-bond acceptors (Lipinski definition) is 3. The van der Waals surface area contributed by atoms with Gasteiger partial charge < -0.3 is 4.74 Å². The third-order valence-electron chi connectivity index (χ3n) is 4.11. The van der Waals surface area contributed by atoms with Gasteiger partial charge in [0.15, 0.2) is 0 Å². The van der Waals surface area contributed by atoms with E-state index in [1.807, 2.05) is 12.1 Å². The highest BCUT2D eigenvalue weighted by Crippen LogP contribution is 2.36. The molecule has 1 aromatic heterocycles. The number of benzene rings is 1. The topological polar surface area (TPSA) is 64.1 Å². The summed E-state index contributed by atoms with van der Waals surface area (Å²) in [6.45, 7) is 0.414. The van der Waals surface area contributed by atoms with Gasteiger partial charge in [-0.3, -0.25) is 14.3 Å². The molecule has 1 fully saturated rings. The summed E-state index contributed by atoms with van der Waals surface area (Å²) in [5.74, 6) is 0.843. The number of H-pyrrole nitrogens is 1. The lowest BCUT2D eigenvalue weighted by atomic mass is 9.80. The molecule has 2 aromatic rings. The van der Waals surface area contributed by atoms with Gasteiger partial charge in [-0.25, -0.2) is 4.79 Å². The van der Waals surface area contributed by atoms with Crippen molar-refractivity contribution in [3.05, 3.63) is 62.4 Å². The molecular formula is C16H18N2O3. The Labute approximate surface area is 122 Å². The van der Waals surface area contributed by atoms with E-state index in [4.69, 9.17) is 4.74 Å². The van der Waals surface area contributed by atoms with E-state index in [0.29, 0.717) is 12.5 Å². The SMILES string of the molecule is COc1cn(Cc2ccc(C3CCC3)cc2)c(=O)[nH]c1=O. The van der Waals surface area contributed by atoms with Crippen LogP contribution in [-0.4, -0.2) is 16.7 Å². The molecule has 0 amide bonds. The van der Waals surface area contributed by atoms with Crippen LogP contribution in [0.25, 0.3) is 0 Å². The van der Waals surface area contributed by atoms with E-state index in [2.05, 4.69) is 17.1 Å². The van der Waals surface area contributed by atoms with E-state index >= 15 is 0 Å². The van der Waals surface area contributed by atoms with Gasteiger partial charge in [0.05, 0.1) is 19.9 Å². The highest BCUT2D eigenvalue weighted by molar-refractivity contribution is 5.27. The van der Waals surface area contributed by atoms with E-state index < -0.39 is 11.2 Å². The molecule has 0 saturated heterocycles. The van der Waals surface area contributed by atoms with Gasteiger partial charge in [0.25, 0.3) is 5.56 Å². The molecule has 1 heterocycles. The standard InChI is InChI=1S/C16H18N2O3/c1-21-14-10-18(16(20)17-15(14)19)9-11-5-7-13(8-6-11)12-3-2-4-12/h5-8,10,12H,2-4,9H2,1H3,(H,17,19,20). The number of rotatable bonds is 4. The van der Waals surface area contributed by atoms with Gasteiger partial charge in [0.1, 0.15) is 0 Å². The van der Waals surface area contributed by atoms with Crippen LogP contribution < -0.4 is 16.0 Å². The molecule has 0 spiro atoms. The molecule has 110 valence electrons. The summed E-state index contributed by atoms with van der Waals surface area (Å²) in [6.07, 6.45) is 5.31. The van der Waals surface area contributed by atoms with E-state index in [1.54, 1.807) is 0 Å². The predicted octanol–water partition coefficient (Wildman–Crippen LogP) is 1.86. The van der Waals surface area contributed by atoms with Crippen molar-refractivity contribution in [1.82, 2.24) is 9.55 Å². The van der Waals surface area contributed by atoms with Crippen LogP contribution in [0.4, 0.5) is 0 Å². The maximum absolute atomic E-state index is 11.8. The third-order valence-corrected chi connectivity index (χ3v) is 4.11. The van der Waals surface area contributed by atoms with Gasteiger partial charge >= 0.3 is 5.69 Å². The van der Waals surface area contributed by atoms with Crippen LogP contribution in [0.15, 0.2) is 40.1 Å².